The minimum Gasteiger partial charge on any atom is -0.389 e. The molecular formula is C15H19NOS2. The van der Waals surface area contributed by atoms with E-state index in [1.807, 2.05) is 12.1 Å². The second kappa shape index (κ2) is 6.55. The highest BCUT2D eigenvalue weighted by atomic mass is 32.2. The molecule has 1 atom stereocenters. The number of aromatic nitrogens is 1. The van der Waals surface area contributed by atoms with Gasteiger partial charge in [-0.3, -0.25) is 0 Å². The van der Waals surface area contributed by atoms with Crippen LogP contribution in [0.25, 0.3) is 0 Å². The van der Waals surface area contributed by atoms with E-state index in [2.05, 4.69) is 36.3 Å². The van der Waals surface area contributed by atoms with Gasteiger partial charge >= 0.3 is 0 Å². The molecule has 0 amide bonds. The van der Waals surface area contributed by atoms with Crippen LogP contribution in [-0.2, 0) is 5.75 Å². The summed E-state index contributed by atoms with van der Waals surface area (Å²) in [6.07, 6.45) is -0.397. The average molecular weight is 293 g/mol. The standard InChI is InChI=1S/C15H19NOS2/c1-10(2)15-16-13(9-19-15)8-18-14-6-4-12(5-7-14)11(3)17/h4-7,9-11,17H,8H2,1-3H3. The van der Waals surface area contributed by atoms with Gasteiger partial charge in [0.15, 0.2) is 0 Å². The summed E-state index contributed by atoms with van der Waals surface area (Å²) in [6.45, 7) is 6.12. The van der Waals surface area contributed by atoms with Crippen molar-refractivity contribution in [3.8, 4) is 0 Å². The number of nitrogens with zero attached hydrogens (tertiary/aromatic N) is 1. The van der Waals surface area contributed by atoms with E-state index in [1.165, 1.54) is 9.90 Å². The van der Waals surface area contributed by atoms with E-state index in [0.717, 1.165) is 17.0 Å². The number of hydrogen-bond donors (Lipinski definition) is 1. The van der Waals surface area contributed by atoms with Crippen LogP contribution in [0, 0.1) is 0 Å². The molecule has 0 radical (unpaired) electrons. The van der Waals surface area contributed by atoms with E-state index >= 15 is 0 Å². The van der Waals surface area contributed by atoms with Crippen molar-refractivity contribution in [2.45, 2.75) is 43.4 Å². The summed E-state index contributed by atoms with van der Waals surface area (Å²) in [5.74, 6) is 1.41. The van der Waals surface area contributed by atoms with Gasteiger partial charge in [-0.25, -0.2) is 4.98 Å². The van der Waals surface area contributed by atoms with Gasteiger partial charge < -0.3 is 5.11 Å². The van der Waals surface area contributed by atoms with Crippen molar-refractivity contribution < 1.29 is 5.11 Å². The average Bonchev–Trinajstić information content (AvgIpc) is 2.86. The molecule has 0 aliphatic rings. The van der Waals surface area contributed by atoms with Crippen molar-refractivity contribution in [2.24, 2.45) is 0 Å². The molecular weight excluding hydrogens is 274 g/mol. The maximum Gasteiger partial charge on any atom is 0.0954 e. The van der Waals surface area contributed by atoms with Crippen LogP contribution in [0.1, 0.15) is 49.1 Å². The molecule has 0 saturated carbocycles. The minimum absolute atomic E-state index is 0.397. The van der Waals surface area contributed by atoms with Crippen LogP contribution < -0.4 is 0 Å². The Morgan fingerprint density at radius 3 is 2.42 bits per heavy atom. The number of thiazole rings is 1. The predicted molar refractivity (Wildman–Crippen MR) is 82.8 cm³/mol. The maximum atomic E-state index is 9.46. The third-order valence-electron chi connectivity index (χ3n) is 2.81. The molecule has 1 aromatic carbocycles. The summed E-state index contributed by atoms with van der Waals surface area (Å²) in [5.41, 5.74) is 2.11. The third kappa shape index (κ3) is 4.06. The summed E-state index contributed by atoms with van der Waals surface area (Å²) in [4.78, 5) is 5.84. The molecule has 2 rings (SSSR count). The Balaban J connectivity index is 1.94. The predicted octanol–water partition coefficient (Wildman–Crippen LogP) is 4.61. The van der Waals surface area contributed by atoms with Gasteiger partial charge in [-0.1, -0.05) is 26.0 Å². The van der Waals surface area contributed by atoms with Gasteiger partial charge in [0.05, 0.1) is 16.8 Å². The zero-order valence-electron chi connectivity index (χ0n) is 11.5. The van der Waals surface area contributed by atoms with Gasteiger partial charge in [-0.2, -0.15) is 0 Å². The molecule has 1 N–H and O–H groups in total. The molecule has 1 unspecified atom stereocenters. The van der Waals surface area contributed by atoms with Crippen molar-refractivity contribution in [3.63, 3.8) is 0 Å². The van der Waals surface area contributed by atoms with E-state index in [0.29, 0.717) is 5.92 Å². The van der Waals surface area contributed by atoms with E-state index in [4.69, 9.17) is 0 Å². The molecule has 2 aromatic rings. The molecule has 19 heavy (non-hydrogen) atoms. The summed E-state index contributed by atoms with van der Waals surface area (Å²) >= 11 is 3.52. The monoisotopic (exact) mass is 293 g/mol. The van der Waals surface area contributed by atoms with E-state index in [1.54, 1.807) is 30.0 Å². The van der Waals surface area contributed by atoms with Crippen LogP contribution in [0.5, 0.6) is 0 Å². The number of aliphatic hydroxyl groups is 1. The summed E-state index contributed by atoms with van der Waals surface area (Å²) in [7, 11) is 0. The van der Waals surface area contributed by atoms with E-state index in [-0.39, 0.29) is 0 Å². The smallest absolute Gasteiger partial charge is 0.0954 e. The lowest BCUT2D eigenvalue weighted by molar-refractivity contribution is 0.199. The van der Waals surface area contributed by atoms with Gasteiger partial charge in [0, 0.05) is 21.9 Å². The number of rotatable bonds is 5. The Labute approximate surface area is 122 Å². The maximum absolute atomic E-state index is 9.46. The quantitative estimate of drug-likeness (QED) is 0.817. The molecule has 0 bridgehead atoms. The number of hydrogen-bond acceptors (Lipinski definition) is 4. The molecule has 0 spiro atoms. The van der Waals surface area contributed by atoms with Gasteiger partial charge in [-0.15, -0.1) is 23.1 Å². The molecule has 2 nitrogen and oxygen atoms in total. The lowest BCUT2D eigenvalue weighted by Gasteiger charge is -2.05. The highest BCUT2D eigenvalue weighted by Crippen LogP contribution is 2.26. The highest BCUT2D eigenvalue weighted by molar-refractivity contribution is 7.98. The molecule has 1 aromatic heterocycles. The first-order chi connectivity index (χ1) is 9.06. The molecule has 0 aliphatic carbocycles. The zero-order valence-corrected chi connectivity index (χ0v) is 13.1. The van der Waals surface area contributed by atoms with Crippen molar-refractivity contribution in [1.82, 2.24) is 4.98 Å². The Morgan fingerprint density at radius 2 is 1.89 bits per heavy atom. The lowest BCUT2D eigenvalue weighted by Crippen LogP contribution is -1.90. The Morgan fingerprint density at radius 1 is 1.21 bits per heavy atom. The van der Waals surface area contributed by atoms with Crippen molar-refractivity contribution in [3.05, 3.63) is 45.9 Å². The fourth-order valence-electron chi connectivity index (χ4n) is 1.65. The number of thioether (sulfide) groups is 1. The van der Waals surface area contributed by atoms with Gasteiger partial charge in [0.1, 0.15) is 0 Å². The van der Waals surface area contributed by atoms with Crippen LogP contribution in [0.3, 0.4) is 0 Å². The van der Waals surface area contributed by atoms with Crippen LogP contribution in [0.4, 0.5) is 0 Å². The fraction of sp³-hybridized carbons (Fsp3) is 0.400. The lowest BCUT2D eigenvalue weighted by atomic mass is 10.1. The van der Waals surface area contributed by atoms with E-state index < -0.39 is 6.10 Å². The molecule has 1 heterocycles. The summed E-state index contributed by atoms with van der Waals surface area (Å²) in [6, 6.07) is 8.08. The molecule has 0 aliphatic heterocycles. The topological polar surface area (TPSA) is 33.1 Å². The van der Waals surface area contributed by atoms with Crippen LogP contribution in [-0.4, -0.2) is 10.1 Å². The second-order valence-corrected chi connectivity index (χ2v) is 6.80. The third-order valence-corrected chi connectivity index (χ3v) is 5.05. The number of benzene rings is 1. The van der Waals surface area contributed by atoms with Gasteiger partial charge in [-0.05, 0) is 24.6 Å². The first-order valence-electron chi connectivity index (χ1n) is 6.41. The molecule has 0 saturated heterocycles. The Bertz CT molecular complexity index is 517. The van der Waals surface area contributed by atoms with E-state index in [9.17, 15) is 5.11 Å². The van der Waals surface area contributed by atoms with Crippen molar-refractivity contribution in [1.29, 1.82) is 0 Å². The van der Waals surface area contributed by atoms with Gasteiger partial charge in [0.25, 0.3) is 0 Å². The zero-order chi connectivity index (χ0) is 13.8. The first-order valence-corrected chi connectivity index (χ1v) is 8.28. The second-order valence-electron chi connectivity index (χ2n) is 4.87. The Hall–Kier alpha value is -0.840. The minimum atomic E-state index is -0.397. The van der Waals surface area contributed by atoms with Crippen molar-refractivity contribution in [2.75, 3.05) is 0 Å². The Kier molecular flexibility index (Phi) is 5.02. The first kappa shape index (κ1) is 14.6. The normalized spacial score (nSPS) is 12.9. The van der Waals surface area contributed by atoms with Crippen LogP contribution in [0.15, 0.2) is 34.5 Å². The molecule has 0 fully saturated rings. The molecule has 4 heteroatoms. The fourth-order valence-corrected chi connectivity index (χ4v) is 3.39. The largest absolute Gasteiger partial charge is 0.389 e. The summed E-state index contributed by atoms with van der Waals surface area (Å²) in [5, 5.41) is 12.8. The van der Waals surface area contributed by atoms with Gasteiger partial charge in [0.2, 0.25) is 0 Å². The van der Waals surface area contributed by atoms with Crippen molar-refractivity contribution >= 4 is 23.1 Å². The highest BCUT2D eigenvalue weighted by Gasteiger charge is 2.06. The molecule has 102 valence electrons. The number of aliphatic hydroxyl groups excluding tert-OH is 1. The SMILES string of the molecule is CC(C)c1nc(CSc2ccc(C(C)O)cc2)cs1. The summed E-state index contributed by atoms with van der Waals surface area (Å²) < 4.78 is 0. The van der Waals surface area contributed by atoms with Crippen LogP contribution in [0.2, 0.25) is 0 Å². The van der Waals surface area contributed by atoms with Crippen LogP contribution >= 0.6 is 23.1 Å².